The highest BCUT2D eigenvalue weighted by Crippen LogP contribution is 2.15. The van der Waals surface area contributed by atoms with Gasteiger partial charge < -0.3 is 18.3 Å². The van der Waals surface area contributed by atoms with E-state index in [2.05, 4.69) is 0 Å². The summed E-state index contributed by atoms with van der Waals surface area (Å²) in [6, 6.07) is 19.4. The standard InChI is InChI=1S/C22H20N2O3/c25-22(15-18-7-9-19(10-8-18)23-11-1-2-12-23)24(16-20-5-3-13-26-20)17-21-6-4-14-27-21/h1-14H,15-17H2. The van der Waals surface area contributed by atoms with Crippen LogP contribution < -0.4 is 0 Å². The van der Waals surface area contributed by atoms with E-state index in [0.717, 1.165) is 22.8 Å². The summed E-state index contributed by atoms with van der Waals surface area (Å²) in [7, 11) is 0. The molecule has 1 aromatic carbocycles. The van der Waals surface area contributed by atoms with Gasteiger partial charge in [-0.15, -0.1) is 0 Å². The minimum atomic E-state index is 0.0246. The van der Waals surface area contributed by atoms with Crippen molar-refractivity contribution in [3.63, 3.8) is 0 Å². The molecule has 27 heavy (non-hydrogen) atoms. The third kappa shape index (κ3) is 4.20. The quantitative estimate of drug-likeness (QED) is 0.490. The van der Waals surface area contributed by atoms with E-state index >= 15 is 0 Å². The van der Waals surface area contributed by atoms with Crippen LogP contribution in [0.2, 0.25) is 0 Å². The Hall–Kier alpha value is -3.47. The minimum Gasteiger partial charge on any atom is -0.467 e. The van der Waals surface area contributed by atoms with Crippen LogP contribution in [-0.2, 0) is 24.3 Å². The van der Waals surface area contributed by atoms with E-state index in [-0.39, 0.29) is 5.91 Å². The van der Waals surface area contributed by atoms with E-state index in [1.807, 2.05) is 77.6 Å². The van der Waals surface area contributed by atoms with Crippen LogP contribution in [0.3, 0.4) is 0 Å². The molecule has 0 fully saturated rings. The Kier molecular flexibility index (Phi) is 4.92. The van der Waals surface area contributed by atoms with Crippen molar-refractivity contribution in [2.75, 3.05) is 0 Å². The third-order valence-electron chi connectivity index (χ3n) is 4.40. The molecule has 0 aliphatic rings. The molecule has 136 valence electrons. The van der Waals surface area contributed by atoms with Crippen molar-refractivity contribution in [3.05, 3.63) is 103 Å². The minimum absolute atomic E-state index is 0.0246. The van der Waals surface area contributed by atoms with Gasteiger partial charge in [0.15, 0.2) is 0 Å². The van der Waals surface area contributed by atoms with Gasteiger partial charge in [0.2, 0.25) is 5.91 Å². The van der Waals surface area contributed by atoms with E-state index in [4.69, 9.17) is 8.83 Å². The van der Waals surface area contributed by atoms with Crippen molar-refractivity contribution in [1.29, 1.82) is 0 Å². The molecular formula is C22H20N2O3. The fourth-order valence-electron chi connectivity index (χ4n) is 2.99. The Morgan fingerprint density at radius 2 is 1.41 bits per heavy atom. The smallest absolute Gasteiger partial charge is 0.227 e. The van der Waals surface area contributed by atoms with Gasteiger partial charge in [0, 0.05) is 18.1 Å². The topological polar surface area (TPSA) is 51.5 Å². The largest absolute Gasteiger partial charge is 0.467 e. The highest BCUT2D eigenvalue weighted by atomic mass is 16.3. The van der Waals surface area contributed by atoms with Gasteiger partial charge in [-0.05, 0) is 54.1 Å². The molecule has 0 unspecified atom stereocenters. The van der Waals surface area contributed by atoms with Crippen LogP contribution in [0, 0.1) is 0 Å². The molecule has 0 aliphatic heterocycles. The van der Waals surface area contributed by atoms with Crippen LogP contribution in [0.25, 0.3) is 5.69 Å². The van der Waals surface area contributed by atoms with Crippen LogP contribution in [0.15, 0.2) is 94.4 Å². The van der Waals surface area contributed by atoms with Gasteiger partial charge in [0.05, 0.1) is 32.0 Å². The molecule has 3 heterocycles. The molecule has 5 heteroatoms. The summed E-state index contributed by atoms with van der Waals surface area (Å²) < 4.78 is 12.9. The number of benzene rings is 1. The molecule has 0 saturated heterocycles. The molecule has 0 bridgehead atoms. The number of carbonyl (C=O) groups excluding carboxylic acids is 1. The van der Waals surface area contributed by atoms with E-state index < -0.39 is 0 Å². The molecule has 4 aromatic rings. The summed E-state index contributed by atoms with van der Waals surface area (Å²) in [5.74, 6) is 1.52. The lowest BCUT2D eigenvalue weighted by Gasteiger charge is -2.21. The molecule has 0 aliphatic carbocycles. The van der Waals surface area contributed by atoms with Crippen molar-refractivity contribution in [1.82, 2.24) is 9.47 Å². The molecule has 1 amide bonds. The van der Waals surface area contributed by atoms with Crippen LogP contribution >= 0.6 is 0 Å². The fraction of sp³-hybridized carbons (Fsp3) is 0.136. The summed E-state index contributed by atoms with van der Waals surface area (Å²) in [5, 5.41) is 0. The molecule has 4 rings (SSSR count). The van der Waals surface area contributed by atoms with Gasteiger partial charge in [0.1, 0.15) is 11.5 Å². The van der Waals surface area contributed by atoms with E-state index in [1.165, 1.54) is 0 Å². The van der Waals surface area contributed by atoms with Gasteiger partial charge in [-0.1, -0.05) is 12.1 Å². The normalized spacial score (nSPS) is 10.8. The highest BCUT2D eigenvalue weighted by Gasteiger charge is 2.17. The number of aromatic nitrogens is 1. The second-order valence-electron chi connectivity index (χ2n) is 6.34. The summed E-state index contributed by atoms with van der Waals surface area (Å²) in [6.45, 7) is 0.821. The van der Waals surface area contributed by atoms with Gasteiger partial charge in [-0.25, -0.2) is 0 Å². The fourth-order valence-corrected chi connectivity index (χ4v) is 2.99. The van der Waals surface area contributed by atoms with Crippen LogP contribution in [0.5, 0.6) is 0 Å². The number of hydrogen-bond acceptors (Lipinski definition) is 3. The SMILES string of the molecule is O=C(Cc1ccc(-n2cccc2)cc1)N(Cc1ccco1)Cc1ccco1. The second kappa shape index (κ2) is 7.83. The van der Waals surface area contributed by atoms with Crippen molar-refractivity contribution in [3.8, 4) is 5.69 Å². The van der Waals surface area contributed by atoms with Gasteiger partial charge >= 0.3 is 0 Å². The maximum absolute atomic E-state index is 12.9. The lowest BCUT2D eigenvalue weighted by Crippen LogP contribution is -2.31. The summed E-state index contributed by atoms with van der Waals surface area (Å²) in [6.07, 6.45) is 7.55. The van der Waals surface area contributed by atoms with Gasteiger partial charge in [-0.2, -0.15) is 0 Å². The zero-order valence-corrected chi connectivity index (χ0v) is 14.8. The molecule has 0 spiro atoms. The zero-order valence-electron chi connectivity index (χ0n) is 14.8. The highest BCUT2D eigenvalue weighted by molar-refractivity contribution is 5.78. The number of nitrogens with zero attached hydrogens (tertiary/aromatic N) is 2. The molecule has 0 N–H and O–H groups in total. The van der Waals surface area contributed by atoms with E-state index in [1.54, 1.807) is 17.4 Å². The predicted molar refractivity (Wildman–Crippen MR) is 101 cm³/mol. The molecular weight excluding hydrogens is 340 g/mol. The third-order valence-corrected chi connectivity index (χ3v) is 4.40. The van der Waals surface area contributed by atoms with Gasteiger partial charge in [-0.3, -0.25) is 4.79 Å². The monoisotopic (exact) mass is 360 g/mol. The molecule has 0 atom stereocenters. The first-order valence-corrected chi connectivity index (χ1v) is 8.83. The maximum Gasteiger partial charge on any atom is 0.227 e. The number of amides is 1. The first-order valence-electron chi connectivity index (χ1n) is 8.83. The van der Waals surface area contributed by atoms with Crippen LogP contribution in [0.1, 0.15) is 17.1 Å². The Labute approximate surface area is 157 Å². The first kappa shape index (κ1) is 17.0. The Morgan fingerprint density at radius 1 is 0.815 bits per heavy atom. The molecule has 3 aromatic heterocycles. The molecule has 0 radical (unpaired) electrons. The molecule has 5 nitrogen and oxygen atoms in total. The summed E-state index contributed by atoms with van der Waals surface area (Å²) >= 11 is 0. The van der Waals surface area contributed by atoms with Crippen molar-refractivity contribution in [2.45, 2.75) is 19.5 Å². The zero-order chi connectivity index (χ0) is 18.5. The van der Waals surface area contributed by atoms with Crippen molar-refractivity contribution < 1.29 is 13.6 Å². The average molecular weight is 360 g/mol. The average Bonchev–Trinajstić information content (AvgIpc) is 3.45. The number of furan rings is 2. The molecule has 0 saturated carbocycles. The second-order valence-corrected chi connectivity index (χ2v) is 6.34. The first-order chi connectivity index (χ1) is 13.3. The van der Waals surface area contributed by atoms with Gasteiger partial charge in [0.25, 0.3) is 0 Å². The van der Waals surface area contributed by atoms with Crippen LogP contribution in [0.4, 0.5) is 0 Å². The number of carbonyl (C=O) groups is 1. The maximum atomic E-state index is 12.9. The lowest BCUT2D eigenvalue weighted by molar-refractivity contribution is -0.132. The van der Waals surface area contributed by atoms with Crippen molar-refractivity contribution in [2.24, 2.45) is 0 Å². The van der Waals surface area contributed by atoms with Crippen molar-refractivity contribution >= 4 is 5.91 Å². The lowest BCUT2D eigenvalue weighted by atomic mass is 10.1. The predicted octanol–water partition coefficient (Wildman–Crippen LogP) is 4.43. The Balaban J connectivity index is 1.47. The number of hydrogen-bond donors (Lipinski definition) is 0. The summed E-state index contributed by atoms with van der Waals surface area (Å²) in [4.78, 5) is 14.7. The van der Waals surface area contributed by atoms with E-state index in [9.17, 15) is 4.79 Å². The van der Waals surface area contributed by atoms with E-state index in [0.29, 0.717) is 19.5 Å². The Bertz CT molecular complexity index is 917. The van der Waals surface area contributed by atoms with Crippen LogP contribution in [-0.4, -0.2) is 15.4 Å². The number of rotatable bonds is 7. The summed E-state index contributed by atoms with van der Waals surface area (Å²) in [5.41, 5.74) is 2.04. The Morgan fingerprint density at radius 3 is 1.93 bits per heavy atom.